The van der Waals surface area contributed by atoms with Crippen molar-refractivity contribution < 1.29 is 12.8 Å². The molecule has 1 fully saturated rings. The topological polar surface area (TPSA) is 72.2 Å². The van der Waals surface area contributed by atoms with Gasteiger partial charge < -0.3 is 5.73 Å². The van der Waals surface area contributed by atoms with Crippen molar-refractivity contribution in [2.75, 3.05) is 5.73 Å². The number of hydrogen-bond donors (Lipinski definition) is 2. The van der Waals surface area contributed by atoms with E-state index in [0.717, 1.165) is 31.7 Å². The van der Waals surface area contributed by atoms with Crippen molar-refractivity contribution in [1.82, 2.24) is 4.72 Å². The van der Waals surface area contributed by atoms with Crippen molar-refractivity contribution >= 4 is 15.7 Å². The van der Waals surface area contributed by atoms with E-state index >= 15 is 0 Å². The third-order valence-electron chi connectivity index (χ3n) is 3.39. The molecular formula is C12H17FN2O2S. The molecule has 6 heteroatoms. The molecule has 0 spiro atoms. The van der Waals surface area contributed by atoms with Gasteiger partial charge in [-0.25, -0.2) is 17.5 Å². The molecule has 2 rings (SSSR count). The zero-order chi connectivity index (χ0) is 13.4. The molecular weight excluding hydrogens is 255 g/mol. The van der Waals surface area contributed by atoms with E-state index in [1.165, 1.54) is 12.1 Å². The van der Waals surface area contributed by atoms with Gasteiger partial charge in [0.2, 0.25) is 10.0 Å². The summed E-state index contributed by atoms with van der Waals surface area (Å²) in [5.41, 5.74) is 4.72. The molecule has 3 N–H and O–H groups in total. The first kappa shape index (κ1) is 13.3. The molecule has 100 valence electrons. The Labute approximate surface area is 106 Å². The second kappa shape index (κ2) is 4.51. The second-order valence-corrected chi connectivity index (χ2v) is 6.68. The maximum atomic E-state index is 13.3. The Morgan fingerprint density at radius 1 is 1.33 bits per heavy atom. The highest BCUT2D eigenvalue weighted by atomic mass is 32.2. The molecule has 0 amide bonds. The van der Waals surface area contributed by atoms with E-state index in [0.29, 0.717) is 0 Å². The summed E-state index contributed by atoms with van der Waals surface area (Å²) >= 11 is 0. The average Bonchev–Trinajstić information content (AvgIpc) is 2.67. The Morgan fingerprint density at radius 2 is 1.94 bits per heavy atom. The molecule has 1 aliphatic carbocycles. The maximum absolute atomic E-state index is 13.3. The maximum Gasteiger partial charge on any atom is 0.243 e. The fraction of sp³-hybridized carbons (Fsp3) is 0.500. The molecule has 1 aliphatic rings. The first-order valence-electron chi connectivity index (χ1n) is 5.92. The summed E-state index contributed by atoms with van der Waals surface area (Å²) in [5.74, 6) is -0.713. The molecule has 0 aromatic heterocycles. The van der Waals surface area contributed by atoms with Crippen molar-refractivity contribution in [2.45, 2.75) is 43.0 Å². The van der Waals surface area contributed by atoms with Gasteiger partial charge in [0.15, 0.2) is 0 Å². The number of rotatable bonds is 3. The number of anilines is 1. The quantitative estimate of drug-likeness (QED) is 0.827. The number of nitrogens with one attached hydrogen (secondary N) is 1. The summed E-state index contributed by atoms with van der Waals surface area (Å²) in [6, 6.07) is 3.81. The molecule has 1 saturated carbocycles. The van der Waals surface area contributed by atoms with Gasteiger partial charge >= 0.3 is 0 Å². The average molecular weight is 272 g/mol. The van der Waals surface area contributed by atoms with Crippen LogP contribution >= 0.6 is 0 Å². The summed E-state index contributed by atoms with van der Waals surface area (Å²) in [6.45, 7) is 1.87. The minimum absolute atomic E-state index is 0.185. The molecule has 0 radical (unpaired) electrons. The van der Waals surface area contributed by atoms with E-state index in [4.69, 9.17) is 5.73 Å². The summed E-state index contributed by atoms with van der Waals surface area (Å²) in [4.78, 5) is -0.185. The Kier molecular flexibility index (Phi) is 3.33. The van der Waals surface area contributed by atoms with E-state index in [2.05, 4.69) is 4.72 Å². The molecule has 0 heterocycles. The monoisotopic (exact) mass is 272 g/mol. The van der Waals surface area contributed by atoms with Crippen LogP contribution in [0.1, 0.15) is 32.6 Å². The smallest absolute Gasteiger partial charge is 0.243 e. The van der Waals surface area contributed by atoms with Crippen LogP contribution in [-0.4, -0.2) is 14.0 Å². The predicted molar refractivity (Wildman–Crippen MR) is 68.0 cm³/mol. The largest absolute Gasteiger partial charge is 0.395 e. The molecule has 0 bridgehead atoms. The molecule has 0 aliphatic heterocycles. The first-order valence-corrected chi connectivity index (χ1v) is 7.40. The number of halogens is 1. The number of benzene rings is 1. The second-order valence-electron chi connectivity index (χ2n) is 5.02. The number of nitrogens with two attached hydrogens (primary N) is 1. The minimum Gasteiger partial charge on any atom is -0.395 e. The van der Waals surface area contributed by atoms with E-state index in [1.807, 2.05) is 6.92 Å². The molecule has 4 nitrogen and oxygen atoms in total. The van der Waals surface area contributed by atoms with E-state index in [9.17, 15) is 12.8 Å². The molecule has 0 unspecified atom stereocenters. The fourth-order valence-electron chi connectivity index (χ4n) is 2.39. The van der Waals surface area contributed by atoms with Crippen LogP contribution in [0.4, 0.5) is 10.1 Å². The van der Waals surface area contributed by atoms with Crippen LogP contribution in [-0.2, 0) is 10.0 Å². The van der Waals surface area contributed by atoms with E-state index in [1.54, 1.807) is 0 Å². The van der Waals surface area contributed by atoms with Gasteiger partial charge in [-0.2, -0.15) is 0 Å². The highest BCUT2D eigenvalue weighted by Gasteiger charge is 2.34. The summed E-state index contributed by atoms with van der Waals surface area (Å²) in [5, 5.41) is 0. The van der Waals surface area contributed by atoms with Crippen LogP contribution in [0.15, 0.2) is 23.1 Å². The number of para-hydroxylation sites is 1. The lowest BCUT2D eigenvalue weighted by Crippen LogP contribution is -2.43. The Balaban J connectivity index is 2.34. The van der Waals surface area contributed by atoms with Crippen molar-refractivity contribution in [2.24, 2.45) is 0 Å². The molecule has 0 atom stereocenters. The van der Waals surface area contributed by atoms with Crippen molar-refractivity contribution in [3.63, 3.8) is 0 Å². The lowest BCUT2D eigenvalue weighted by Gasteiger charge is -2.25. The Morgan fingerprint density at radius 3 is 2.56 bits per heavy atom. The van der Waals surface area contributed by atoms with Crippen LogP contribution < -0.4 is 10.5 Å². The van der Waals surface area contributed by atoms with Crippen LogP contribution in [0, 0.1) is 5.82 Å². The van der Waals surface area contributed by atoms with Gasteiger partial charge in [0.25, 0.3) is 0 Å². The molecule has 1 aromatic carbocycles. The highest BCUT2D eigenvalue weighted by molar-refractivity contribution is 7.89. The standard InChI is InChI=1S/C12H17FN2O2S/c1-12(7-2-3-8-12)15-18(16,17)10-6-4-5-9(13)11(10)14/h4-6,15H,2-3,7-8,14H2,1H3. The number of sulfonamides is 1. The minimum atomic E-state index is -3.77. The summed E-state index contributed by atoms with van der Waals surface area (Å²) < 4.78 is 40.4. The van der Waals surface area contributed by atoms with Crippen LogP contribution in [0.25, 0.3) is 0 Å². The van der Waals surface area contributed by atoms with Gasteiger partial charge in [0.1, 0.15) is 10.7 Å². The first-order chi connectivity index (χ1) is 8.34. The Bertz CT molecular complexity index is 551. The van der Waals surface area contributed by atoms with E-state index in [-0.39, 0.29) is 10.6 Å². The van der Waals surface area contributed by atoms with Gasteiger partial charge in [0.05, 0.1) is 5.69 Å². The SMILES string of the molecule is CC1(NS(=O)(=O)c2cccc(F)c2N)CCCC1. The van der Waals surface area contributed by atoms with Crippen molar-refractivity contribution in [3.8, 4) is 0 Å². The van der Waals surface area contributed by atoms with Crippen LogP contribution in [0.5, 0.6) is 0 Å². The van der Waals surface area contributed by atoms with Crippen molar-refractivity contribution in [1.29, 1.82) is 0 Å². The lowest BCUT2D eigenvalue weighted by atomic mass is 10.0. The van der Waals surface area contributed by atoms with Gasteiger partial charge in [-0.15, -0.1) is 0 Å². The highest BCUT2D eigenvalue weighted by Crippen LogP contribution is 2.31. The molecule has 0 saturated heterocycles. The molecule has 18 heavy (non-hydrogen) atoms. The zero-order valence-electron chi connectivity index (χ0n) is 10.2. The normalized spacial score (nSPS) is 19.0. The van der Waals surface area contributed by atoms with Crippen LogP contribution in [0.2, 0.25) is 0 Å². The number of hydrogen-bond acceptors (Lipinski definition) is 3. The summed E-state index contributed by atoms with van der Waals surface area (Å²) in [6.07, 6.45) is 3.58. The third kappa shape index (κ3) is 2.49. The predicted octanol–water partition coefficient (Wildman–Crippen LogP) is 2.02. The van der Waals surface area contributed by atoms with Crippen molar-refractivity contribution in [3.05, 3.63) is 24.0 Å². The fourth-order valence-corrected chi connectivity index (χ4v) is 4.00. The van der Waals surface area contributed by atoms with Crippen LogP contribution in [0.3, 0.4) is 0 Å². The third-order valence-corrected chi connectivity index (χ3v) is 5.09. The Hall–Kier alpha value is -1.14. The van der Waals surface area contributed by atoms with E-state index < -0.39 is 21.4 Å². The summed E-state index contributed by atoms with van der Waals surface area (Å²) in [7, 11) is -3.77. The van der Waals surface area contributed by atoms with Gasteiger partial charge in [-0.3, -0.25) is 0 Å². The zero-order valence-corrected chi connectivity index (χ0v) is 11.1. The lowest BCUT2D eigenvalue weighted by molar-refractivity contribution is 0.427. The van der Waals surface area contributed by atoms with Gasteiger partial charge in [0, 0.05) is 5.54 Å². The number of nitrogen functional groups attached to an aromatic ring is 1. The van der Waals surface area contributed by atoms with Gasteiger partial charge in [-0.1, -0.05) is 18.9 Å². The van der Waals surface area contributed by atoms with Gasteiger partial charge in [-0.05, 0) is 31.9 Å². The molecule has 1 aromatic rings.